The summed E-state index contributed by atoms with van der Waals surface area (Å²) in [4.78, 5) is 33.2. The first-order valence-corrected chi connectivity index (χ1v) is 11.1. The highest BCUT2D eigenvalue weighted by Crippen LogP contribution is 2.24. The first kappa shape index (κ1) is 22.8. The van der Waals surface area contributed by atoms with Gasteiger partial charge in [0.1, 0.15) is 5.82 Å². The number of rotatable bonds is 6. The summed E-state index contributed by atoms with van der Waals surface area (Å²) in [6, 6.07) is 17.7. The number of anilines is 1. The van der Waals surface area contributed by atoms with Gasteiger partial charge in [0.2, 0.25) is 0 Å². The summed E-state index contributed by atoms with van der Waals surface area (Å²) in [5.74, 6) is -0.357. The molecule has 1 unspecified atom stereocenters. The van der Waals surface area contributed by atoms with Crippen LogP contribution in [-0.2, 0) is 9.53 Å². The van der Waals surface area contributed by atoms with Crippen molar-refractivity contribution in [2.24, 2.45) is 0 Å². The number of amides is 1. The van der Waals surface area contributed by atoms with E-state index >= 15 is 0 Å². The molecule has 4 aromatic rings. The molecule has 0 aliphatic rings. The number of benzene rings is 3. The molecule has 4 rings (SSSR count). The van der Waals surface area contributed by atoms with Crippen LogP contribution in [0.25, 0.3) is 22.4 Å². The first-order chi connectivity index (χ1) is 15.8. The predicted molar refractivity (Wildman–Crippen MR) is 131 cm³/mol. The number of fused-ring (bicyclic) bond motifs is 1. The van der Waals surface area contributed by atoms with Crippen LogP contribution < -0.4 is 5.32 Å². The lowest BCUT2D eigenvalue weighted by Gasteiger charge is -2.16. The summed E-state index contributed by atoms with van der Waals surface area (Å²) < 4.78 is 5.48. The van der Waals surface area contributed by atoms with E-state index in [0.29, 0.717) is 39.1 Å². The third-order valence-corrected chi connectivity index (χ3v) is 5.52. The van der Waals surface area contributed by atoms with Gasteiger partial charge in [-0.2, -0.15) is 0 Å². The molecule has 1 heterocycles. The quantitative estimate of drug-likeness (QED) is 0.311. The Kier molecular flexibility index (Phi) is 6.67. The normalized spacial score (nSPS) is 11.9. The van der Waals surface area contributed by atoms with E-state index in [1.54, 1.807) is 43.3 Å². The monoisotopic (exact) mass is 481 g/mol. The molecule has 6 nitrogen and oxygen atoms in total. The molecule has 0 radical (unpaired) electrons. The van der Waals surface area contributed by atoms with E-state index in [4.69, 9.17) is 27.9 Å². The number of H-pyrrole nitrogens is 1. The van der Waals surface area contributed by atoms with Crippen molar-refractivity contribution in [3.63, 3.8) is 0 Å². The van der Waals surface area contributed by atoms with Gasteiger partial charge in [0, 0.05) is 21.3 Å². The van der Waals surface area contributed by atoms with Gasteiger partial charge in [0.15, 0.2) is 6.10 Å². The molecular formula is C25H21Cl2N3O3. The number of aromatic nitrogens is 2. The van der Waals surface area contributed by atoms with E-state index in [1.807, 2.05) is 31.2 Å². The number of carbonyl (C=O) groups excluding carboxylic acids is 2. The van der Waals surface area contributed by atoms with Gasteiger partial charge in [0.05, 0.1) is 16.6 Å². The zero-order chi connectivity index (χ0) is 23.5. The highest BCUT2D eigenvalue weighted by molar-refractivity contribution is 6.35. The van der Waals surface area contributed by atoms with Crippen LogP contribution in [0, 0.1) is 6.92 Å². The van der Waals surface area contributed by atoms with Crippen LogP contribution in [0.15, 0.2) is 60.7 Å². The fraction of sp³-hybridized carbons (Fsp3) is 0.160. The second-order valence-electron chi connectivity index (χ2n) is 7.63. The number of ether oxygens (including phenoxy) is 1. The zero-order valence-corrected chi connectivity index (χ0v) is 19.5. The van der Waals surface area contributed by atoms with Crippen molar-refractivity contribution < 1.29 is 14.3 Å². The van der Waals surface area contributed by atoms with Gasteiger partial charge >= 0.3 is 5.97 Å². The molecule has 168 valence electrons. The van der Waals surface area contributed by atoms with Gasteiger partial charge in [-0.25, -0.2) is 9.78 Å². The van der Waals surface area contributed by atoms with Crippen molar-refractivity contribution in [2.75, 3.05) is 5.32 Å². The maximum Gasteiger partial charge on any atom is 0.338 e. The maximum absolute atomic E-state index is 12.8. The SMILES string of the molecule is CCC(OC(=O)c1ccc2nc(-c3ccc(C)cc3)[nH]c2c1)C(=O)Nc1cc(Cl)cc(Cl)c1. The van der Waals surface area contributed by atoms with Crippen LogP contribution in [-0.4, -0.2) is 27.9 Å². The van der Waals surface area contributed by atoms with Crippen LogP contribution in [0.5, 0.6) is 0 Å². The van der Waals surface area contributed by atoms with E-state index in [2.05, 4.69) is 15.3 Å². The lowest BCUT2D eigenvalue weighted by atomic mass is 10.1. The summed E-state index contributed by atoms with van der Waals surface area (Å²) in [6.45, 7) is 3.78. The number of nitrogens with one attached hydrogen (secondary N) is 2. The number of aryl methyl sites for hydroxylation is 1. The molecular weight excluding hydrogens is 461 g/mol. The zero-order valence-electron chi connectivity index (χ0n) is 18.0. The molecule has 2 N–H and O–H groups in total. The Labute approximate surface area is 200 Å². The largest absolute Gasteiger partial charge is 0.449 e. The lowest BCUT2D eigenvalue weighted by Crippen LogP contribution is -2.32. The summed E-state index contributed by atoms with van der Waals surface area (Å²) in [5, 5.41) is 3.46. The number of hydrogen-bond donors (Lipinski definition) is 2. The molecule has 0 aliphatic carbocycles. The molecule has 0 saturated heterocycles. The number of carbonyl (C=O) groups is 2. The number of aromatic amines is 1. The maximum atomic E-state index is 12.8. The van der Waals surface area contributed by atoms with Gasteiger partial charge in [-0.1, -0.05) is 60.0 Å². The Morgan fingerprint density at radius 3 is 2.39 bits per heavy atom. The fourth-order valence-electron chi connectivity index (χ4n) is 3.35. The molecule has 8 heteroatoms. The Bertz CT molecular complexity index is 1310. The number of hydrogen-bond acceptors (Lipinski definition) is 4. The third kappa shape index (κ3) is 5.35. The minimum absolute atomic E-state index is 0.301. The molecule has 33 heavy (non-hydrogen) atoms. The van der Waals surface area contributed by atoms with E-state index < -0.39 is 18.0 Å². The molecule has 0 aliphatic heterocycles. The minimum Gasteiger partial charge on any atom is -0.449 e. The van der Waals surface area contributed by atoms with E-state index in [9.17, 15) is 9.59 Å². The average molecular weight is 482 g/mol. The standard InChI is InChI=1S/C25H21Cl2N3O3/c1-3-22(24(31)28-19-12-17(26)11-18(27)13-19)33-25(32)16-8-9-20-21(10-16)30-23(29-20)15-6-4-14(2)5-7-15/h4-13,22H,3H2,1-2H3,(H,28,31)(H,29,30). The Morgan fingerprint density at radius 1 is 1.03 bits per heavy atom. The smallest absolute Gasteiger partial charge is 0.338 e. The van der Waals surface area contributed by atoms with Crippen molar-refractivity contribution in [3.05, 3.63) is 81.8 Å². The van der Waals surface area contributed by atoms with Crippen LogP contribution in [0.2, 0.25) is 10.0 Å². The molecule has 3 aromatic carbocycles. The summed E-state index contributed by atoms with van der Waals surface area (Å²) in [7, 11) is 0. The van der Waals surface area contributed by atoms with E-state index in [0.717, 1.165) is 16.6 Å². The summed E-state index contributed by atoms with van der Waals surface area (Å²) in [5.41, 5.74) is 4.28. The van der Waals surface area contributed by atoms with Crippen molar-refractivity contribution in [1.29, 1.82) is 0 Å². The molecule has 0 saturated carbocycles. The lowest BCUT2D eigenvalue weighted by molar-refractivity contribution is -0.124. The van der Waals surface area contributed by atoms with Crippen LogP contribution in [0.1, 0.15) is 29.3 Å². The molecule has 0 spiro atoms. The Morgan fingerprint density at radius 2 is 1.73 bits per heavy atom. The van der Waals surface area contributed by atoms with Crippen LogP contribution in [0.4, 0.5) is 5.69 Å². The molecule has 1 atom stereocenters. The van der Waals surface area contributed by atoms with Gasteiger partial charge in [-0.15, -0.1) is 0 Å². The Hall–Kier alpha value is -3.35. The molecule has 0 bridgehead atoms. The number of halogens is 2. The Balaban J connectivity index is 1.49. The van der Waals surface area contributed by atoms with E-state index in [-0.39, 0.29) is 0 Å². The van der Waals surface area contributed by atoms with Gasteiger partial charge in [-0.05, 0) is 49.7 Å². The van der Waals surface area contributed by atoms with Crippen molar-refractivity contribution in [1.82, 2.24) is 9.97 Å². The highest BCUT2D eigenvalue weighted by Gasteiger charge is 2.23. The second kappa shape index (κ2) is 9.65. The number of esters is 1. The minimum atomic E-state index is -0.976. The number of imidazole rings is 1. The number of nitrogens with zero attached hydrogens (tertiary/aromatic N) is 1. The van der Waals surface area contributed by atoms with Gasteiger partial charge < -0.3 is 15.0 Å². The topological polar surface area (TPSA) is 84.1 Å². The third-order valence-electron chi connectivity index (χ3n) is 5.09. The fourth-order valence-corrected chi connectivity index (χ4v) is 3.88. The second-order valence-corrected chi connectivity index (χ2v) is 8.51. The van der Waals surface area contributed by atoms with Crippen molar-refractivity contribution >= 4 is 51.8 Å². The van der Waals surface area contributed by atoms with Crippen molar-refractivity contribution in [2.45, 2.75) is 26.4 Å². The molecule has 1 amide bonds. The van der Waals surface area contributed by atoms with Crippen molar-refractivity contribution in [3.8, 4) is 11.4 Å². The molecule has 0 fully saturated rings. The molecule has 1 aromatic heterocycles. The average Bonchev–Trinajstić information content (AvgIpc) is 3.20. The van der Waals surface area contributed by atoms with Crippen LogP contribution >= 0.6 is 23.2 Å². The van der Waals surface area contributed by atoms with Gasteiger partial charge in [0.25, 0.3) is 5.91 Å². The van der Waals surface area contributed by atoms with Crippen LogP contribution in [0.3, 0.4) is 0 Å². The van der Waals surface area contributed by atoms with E-state index in [1.165, 1.54) is 0 Å². The first-order valence-electron chi connectivity index (χ1n) is 10.4. The predicted octanol–water partition coefficient (Wildman–Crippen LogP) is 6.42. The summed E-state index contributed by atoms with van der Waals surface area (Å²) in [6.07, 6.45) is -0.675. The van der Waals surface area contributed by atoms with Gasteiger partial charge in [-0.3, -0.25) is 4.79 Å². The highest BCUT2D eigenvalue weighted by atomic mass is 35.5. The summed E-state index contributed by atoms with van der Waals surface area (Å²) >= 11 is 12.0.